The van der Waals surface area contributed by atoms with Crippen LogP contribution in [0.4, 0.5) is 0 Å². The predicted molar refractivity (Wildman–Crippen MR) is 116 cm³/mol. The summed E-state index contributed by atoms with van der Waals surface area (Å²) < 4.78 is 5.40. The Morgan fingerprint density at radius 2 is 1.96 bits per heavy atom. The minimum Gasteiger partial charge on any atom is -0.497 e. The number of nitrogens with one attached hydrogen (secondary N) is 1. The van der Waals surface area contributed by atoms with Gasteiger partial charge in [0.2, 0.25) is 5.91 Å². The molecule has 0 spiro atoms. The number of ether oxygens (including phenoxy) is 1. The molecule has 1 aromatic rings. The molecule has 1 saturated heterocycles. The Labute approximate surface area is 180 Å². The van der Waals surface area contributed by atoms with Crippen LogP contribution >= 0.6 is 24.8 Å². The van der Waals surface area contributed by atoms with Crippen LogP contribution in [0.2, 0.25) is 0 Å². The molecule has 3 fully saturated rings. The largest absolute Gasteiger partial charge is 0.497 e. The smallest absolute Gasteiger partial charge is 0.225 e. The van der Waals surface area contributed by atoms with Crippen LogP contribution in [0.15, 0.2) is 24.3 Å². The summed E-state index contributed by atoms with van der Waals surface area (Å²) in [5.74, 6) is 2.10. The number of halogens is 2. The lowest BCUT2D eigenvalue weighted by Gasteiger charge is -2.31. The second kappa shape index (κ2) is 10.1. The van der Waals surface area contributed by atoms with Gasteiger partial charge in [-0.15, -0.1) is 24.8 Å². The molecule has 1 heterocycles. The van der Waals surface area contributed by atoms with Gasteiger partial charge in [-0.25, -0.2) is 0 Å². The Kier molecular flexibility index (Phi) is 8.44. The molecular weight excluding hydrogens is 397 g/mol. The molecule has 0 radical (unpaired) electrons. The highest BCUT2D eigenvalue weighted by atomic mass is 35.5. The van der Waals surface area contributed by atoms with Gasteiger partial charge in [-0.05, 0) is 74.7 Å². The van der Waals surface area contributed by atoms with Gasteiger partial charge in [-0.3, -0.25) is 9.69 Å². The summed E-state index contributed by atoms with van der Waals surface area (Å²) in [5.41, 5.74) is 7.57. The van der Waals surface area contributed by atoms with Crippen LogP contribution in [0.5, 0.6) is 5.75 Å². The quantitative estimate of drug-likeness (QED) is 0.728. The summed E-state index contributed by atoms with van der Waals surface area (Å²) in [4.78, 5) is 15.4. The molecule has 5 nitrogen and oxygen atoms in total. The number of likely N-dealkylation sites (tertiary alicyclic amines) is 1. The van der Waals surface area contributed by atoms with E-state index >= 15 is 0 Å². The first-order valence-electron chi connectivity index (χ1n) is 10.1. The maximum Gasteiger partial charge on any atom is 0.225 e. The van der Waals surface area contributed by atoms with Crippen LogP contribution in [-0.2, 0) is 4.79 Å². The number of nitrogens with zero attached hydrogens (tertiary/aromatic N) is 1. The molecule has 4 rings (SSSR count). The first kappa shape index (κ1) is 23.3. The lowest BCUT2D eigenvalue weighted by atomic mass is 9.84. The Bertz CT molecular complexity index is 652. The fourth-order valence-corrected chi connectivity index (χ4v) is 5.40. The summed E-state index contributed by atoms with van der Waals surface area (Å²) in [6.45, 7) is 2.82. The highest BCUT2D eigenvalue weighted by Gasteiger charge is 2.49. The van der Waals surface area contributed by atoms with E-state index in [9.17, 15) is 4.79 Å². The normalized spacial score (nSPS) is 29.6. The highest BCUT2D eigenvalue weighted by Crippen LogP contribution is 2.47. The molecule has 1 aromatic carbocycles. The number of carbonyl (C=O) groups excluding carboxylic acids is 1. The Morgan fingerprint density at radius 1 is 1.25 bits per heavy atom. The number of nitrogens with two attached hydrogens (primary N) is 1. The van der Waals surface area contributed by atoms with Crippen molar-refractivity contribution in [2.45, 2.75) is 44.2 Å². The standard InChI is InChI=1S/C21H31N3O2.2ClH/c1-26-17-6-4-5-14(12-17)18(24-9-2-3-10-24)13-23-21(25)19-15-7-8-16(11-15)20(19)22;;/h4-6,12,15-16,18-20H,2-3,7-11,13,22H2,1H3,(H,23,25);2*1H. The van der Waals surface area contributed by atoms with Gasteiger partial charge in [-0.1, -0.05) is 12.1 Å². The molecule has 5 atom stereocenters. The summed E-state index contributed by atoms with van der Waals surface area (Å²) >= 11 is 0. The first-order valence-corrected chi connectivity index (χ1v) is 10.1. The van der Waals surface area contributed by atoms with E-state index in [-0.39, 0.29) is 48.7 Å². The van der Waals surface area contributed by atoms with Crippen molar-refractivity contribution in [1.82, 2.24) is 10.2 Å². The van der Waals surface area contributed by atoms with Crippen LogP contribution in [0.3, 0.4) is 0 Å². The van der Waals surface area contributed by atoms with Crippen molar-refractivity contribution < 1.29 is 9.53 Å². The number of carbonyl (C=O) groups is 1. The maximum atomic E-state index is 12.9. The van der Waals surface area contributed by atoms with Gasteiger partial charge in [0.15, 0.2) is 0 Å². The Morgan fingerprint density at radius 3 is 2.61 bits per heavy atom. The second-order valence-electron chi connectivity index (χ2n) is 8.22. The van der Waals surface area contributed by atoms with E-state index in [4.69, 9.17) is 10.5 Å². The minimum absolute atomic E-state index is 0. The zero-order chi connectivity index (χ0) is 18.1. The van der Waals surface area contributed by atoms with Crippen molar-refractivity contribution in [2.75, 3.05) is 26.7 Å². The summed E-state index contributed by atoms with van der Waals surface area (Å²) in [6.07, 6.45) is 5.97. The van der Waals surface area contributed by atoms with Crippen molar-refractivity contribution in [1.29, 1.82) is 0 Å². The van der Waals surface area contributed by atoms with E-state index in [1.807, 2.05) is 12.1 Å². The number of benzene rings is 1. The summed E-state index contributed by atoms with van der Waals surface area (Å²) in [6, 6.07) is 8.49. The van der Waals surface area contributed by atoms with Crippen LogP contribution in [0, 0.1) is 17.8 Å². The molecule has 3 N–H and O–H groups in total. The van der Waals surface area contributed by atoms with Crippen molar-refractivity contribution in [3.8, 4) is 5.75 Å². The second-order valence-corrected chi connectivity index (χ2v) is 8.22. The van der Waals surface area contributed by atoms with Crippen LogP contribution in [0.25, 0.3) is 0 Å². The van der Waals surface area contributed by atoms with Crippen molar-refractivity contribution in [2.24, 2.45) is 23.5 Å². The lowest BCUT2D eigenvalue weighted by molar-refractivity contribution is -0.127. The predicted octanol–water partition coefficient (Wildman–Crippen LogP) is 3.17. The fraction of sp³-hybridized carbons (Fsp3) is 0.667. The van der Waals surface area contributed by atoms with E-state index in [2.05, 4.69) is 22.3 Å². The molecule has 2 bridgehead atoms. The molecule has 0 aromatic heterocycles. The van der Waals surface area contributed by atoms with Gasteiger partial charge >= 0.3 is 0 Å². The van der Waals surface area contributed by atoms with Crippen molar-refractivity contribution >= 4 is 30.7 Å². The van der Waals surface area contributed by atoms with E-state index in [1.165, 1.54) is 31.2 Å². The van der Waals surface area contributed by atoms with Crippen LogP contribution in [0.1, 0.15) is 43.7 Å². The first-order chi connectivity index (χ1) is 12.7. The highest BCUT2D eigenvalue weighted by molar-refractivity contribution is 5.85. The molecule has 158 valence electrons. The van der Waals surface area contributed by atoms with Crippen molar-refractivity contribution in [3.05, 3.63) is 29.8 Å². The van der Waals surface area contributed by atoms with Gasteiger partial charge in [-0.2, -0.15) is 0 Å². The number of hydrogen-bond acceptors (Lipinski definition) is 4. The molecule has 28 heavy (non-hydrogen) atoms. The number of methoxy groups -OCH3 is 1. The molecule has 3 aliphatic rings. The maximum absolute atomic E-state index is 12.9. The van der Waals surface area contributed by atoms with Gasteiger partial charge in [0.1, 0.15) is 5.75 Å². The Balaban J connectivity index is 0.00000140. The monoisotopic (exact) mass is 429 g/mol. The van der Waals surface area contributed by atoms with E-state index in [1.54, 1.807) is 7.11 Å². The third kappa shape index (κ3) is 4.59. The molecule has 5 unspecified atom stereocenters. The van der Waals surface area contributed by atoms with Gasteiger partial charge in [0, 0.05) is 12.6 Å². The minimum atomic E-state index is 0. The summed E-state index contributed by atoms with van der Waals surface area (Å²) in [5, 5.41) is 3.25. The SMILES string of the molecule is COc1cccc(C(CNC(=O)C2C3CCC(C3)C2N)N2CCCC2)c1.Cl.Cl. The zero-order valence-electron chi connectivity index (χ0n) is 16.5. The van der Waals surface area contributed by atoms with Crippen LogP contribution in [-0.4, -0.2) is 43.6 Å². The van der Waals surface area contributed by atoms with Crippen LogP contribution < -0.4 is 15.8 Å². The molecule has 7 heteroatoms. The van der Waals surface area contributed by atoms with Gasteiger partial charge < -0.3 is 15.8 Å². The average molecular weight is 430 g/mol. The number of rotatable bonds is 6. The molecule has 1 aliphatic heterocycles. The lowest BCUT2D eigenvalue weighted by Crippen LogP contribution is -2.47. The Hall–Kier alpha value is -1.01. The average Bonchev–Trinajstić information content (AvgIpc) is 3.39. The van der Waals surface area contributed by atoms with E-state index in [0.29, 0.717) is 18.4 Å². The number of hydrogen-bond donors (Lipinski definition) is 2. The third-order valence-electron chi connectivity index (χ3n) is 6.81. The number of amides is 1. The summed E-state index contributed by atoms with van der Waals surface area (Å²) in [7, 11) is 1.70. The van der Waals surface area contributed by atoms with Gasteiger partial charge in [0.05, 0.1) is 19.1 Å². The molecule has 2 saturated carbocycles. The molecule has 2 aliphatic carbocycles. The van der Waals surface area contributed by atoms with Gasteiger partial charge in [0.25, 0.3) is 0 Å². The molecule has 1 amide bonds. The van der Waals surface area contributed by atoms with E-state index in [0.717, 1.165) is 25.3 Å². The van der Waals surface area contributed by atoms with E-state index < -0.39 is 0 Å². The molecular formula is C21H33Cl2N3O2. The fourth-order valence-electron chi connectivity index (χ4n) is 5.40. The third-order valence-corrected chi connectivity index (χ3v) is 6.81. The number of fused-ring (bicyclic) bond motifs is 2. The topological polar surface area (TPSA) is 67.6 Å². The van der Waals surface area contributed by atoms with Crippen molar-refractivity contribution in [3.63, 3.8) is 0 Å². The zero-order valence-corrected chi connectivity index (χ0v) is 18.1.